The number of nitrogens with zero attached hydrogens (tertiary/aromatic N) is 4. The van der Waals surface area contributed by atoms with Crippen LogP contribution in [0.3, 0.4) is 0 Å². The minimum absolute atomic E-state index is 0.0497. The van der Waals surface area contributed by atoms with E-state index in [-0.39, 0.29) is 11.7 Å². The number of nitrogens with one attached hydrogen (secondary N) is 2. The standard InChI is InChI=1S/C21H25N7O4/c22-20(30)27-6-4-12(5-7-27)17-16-18(25-24-17)13-2-1-3-14(15(13)19(16)29)23-21(31)26-28-8-10-32-11-9-28/h1-3,12,18H,4-11H2,(H2,22,30)(H2,23,26,31). The van der Waals surface area contributed by atoms with Crippen molar-refractivity contribution in [3.63, 3.8) is 0 Å². The van der Waals surface area contributed by atoms with Crippen LogP contribution in [0.25, 0.3) is 0 Å². The van der Waals surface area contributed by atoms with Gasteiger partial charge in [-0.2, -0.15) is 10.2 Å². The number of Topliss-reactive ketones (excluding diaryl/α,β-unsaturated/α-hetero) is 1. The van der Waals surface area contributed by atoms with Crippen molar-refractivity contribution in [1.29, 1.82) is 0 Å². The number of primary amides is 1. The molecule has 3 aliphatic heterocycles. The Kier molecular flexibility index (Phi) is 5.35. The number of amides is 4. The van der Waals surface area contributed by atoms with Crippen molar-refractivity contribution in [2.24, 2.45) is 21.9 Å². The Bertz CT molecular complexity index is 1020. The van der Waals surface area contributed by atoms with Gasteiger partial charge in [0.05, 0.1) is 35.7 Å². The second-order valence-corrected chi connectivity index (χ2v) is 8.28. The van der Waals surface area contributed by atoms with Gasteiger partial charge in [0.15, 0.2) is 5.78 Å². The third-order valence-corrected chi connectivity index (χ3v) is 6.41. The highest BCUT2D eigenvalue weighted by atomic mass is 16.5. The van der Waals surface area contributed by atoms with Crippen molar-refractivity contribution < 1.29 is 19.1 Å². The van der Waals surface area contributed by atoms with E-state index >= 15 is 0 Å². The fraction of sp³-hybridized carbons (Fsp3) is 0.476. The molecule has 5 rings (SSSR count). The molecule has 4 N–H and O–H groups in total. The molecule has 4 amide bonds. The number of morpholine rings is 1. The van der Waals surface area contributed by atoms with Crippen molar-refractivity contribution in [3.8, 4) is 0 Å². The molecule has 2 saturated heterocycles. The van der Waals surface area contributed by atoms with Gasteiger partial charge in [-0.25, -0.2) is 14.6 Å². The lowest BCUT2D eigenvalue weighted by Gasteiger charge is -2.30. The average molecular weight is 439 g/mol. The predicted molar refractivity (Wildman–Crippen MR) is 114 cm³/mol. The highest BCUT2D eigenvalue weighted by molar-refractivity contribution is 6.19. The summed E-state index contributed by atoms with van der Waals surface area (Å²) in [6, 6.07) is 4.11. The van der Waals surface area contributed by atoms with E-state index in [2.05, 4.69) is 21.0 Å². The molecule has 0 aromatic heterocycles. The van der Waals surface area contributed by atoms with Crippen molar-refractivity contribution in [2.75, 3.05) is 44.7 Å². The third kappa shape index (κ3) is 3.63. The maximum Gasteiger partial charge on any atom is 0.333 e. The number of likely N-dealkylation sites (tertiary alicyclic amines) is 1. The van der Waals surface area contributed by atoms with Crippen LogP contribution < -0.4 is 16.5 Å². The number of fused-ring (bicyclic) bond motifs is 3. The Hall–Kier alpha value is -3.31. The lowest BCUT2D eigenvalue weighted by Crippen LogP contribution is -2.49. The molecule has 2 fully saturated rings. The monoisotopic (exact) mass is 439 g/mol. The molecule has 11 nitrogen and oxygen atoms in total. The molecule has 168 valence electrons. The molecule has 1 unspecified atom stereocenters. The zero-order valence-electron chi connectivity index (χ0n) is 17.5. The number of benzene rings is 1. The van der Waals surface area contributed by atoms with E-state index in [1.165, 1.54) is 0 Å². The van der Waals surface area contributed by atoms with E-state index < -0.39 is 18.1 Å². The molecule has 0 spiro atoms. The van der Waals surface area contributed by atoms with E-state index in [4.69, 9.17) is 10.5 Å². The molecular weight excluding hydrogens is 414 g/mol. The first kappa shape index (κ1) is 20.6. The number of nitrogens with two attached hydrogens (primary N) is 1. The van der Waals surface area contributed by atoms with Crippen LogP contribution in [0.1, 0.15) is 34.8 Å². The predicted octanol–water partition coefficient (Wildman–Crippen LogP) is 1.80. The zero-order chi connectivity index (χ0) is 22.2. The van der Waals surface area contributed by atoms with Gasteiger partial charge >= 0.3 is 12.1 Å². The van der Waals surface area contributed by atoms with Gasteiger partial charge in [0.1, 0.15) is 6.04 Å². The summed E-state index contributed by atoms with van der Waals surface area (Å²) in [4.78, 5) is 39.0. The quantitative estimate of drug-likeness (QED) is 0.658. The van der Waals surface area contributed by atoms with Crippen LogP contribution in [-0.4, -0.2) is 67.1 Å². The number of urea groups is 2. The van der Waals surface area contributed by atoms with Crippen LogP contribution in [0.5, 0.6) is 0 Å². The summed E-state index contributed by atoms with van der Waals surface area (Å²) in [7, 11) is 0. The highest BCUT2D eigenvalue weighted by Crippen LogP contribution is 2.49. The number of rotatable bonds is 3. The van der Waals surface area contributed by atoms with E-state index in [1.54, 1.807) is 22.0 Å². The van der Waals surface area contributed by atoms with Crippen molar-refractivity contribution in [1.82, 2.24) is 15.3 Å². The number of hydrazine groups is 1. The first-order chi connectivity index (χ1) is 15.5. The van der Waals surface area contributed by atoms with Crippen LogP contribution in [0.4, 0.5) is 15.3 Å². The minimum Gasteiger partial charge on any atom is -0.379 e. The molecule has 0 radical (unpaired) electrons. The van der Waals surface area contributed by atoms with E-state index in [1.807, 2.05) is 6.07 Å². The van der Waals surface area contributed by atoms with Gasteiger partial charge in [-0.1, -0.05) is 12.1 Å². The van der Waals surface area contributed by atoms with Gasteiger partial charge in [-0.05, 0) is 24.5 Å². The Morgan fingerprint density at radius 3 is 2.59 bits per heavy atom. The molecule has 1 aromatic rings. The lowest BCUT2D eigenvalue weighted by molar-refractivity contribution is 0.0207. The Morgan fingerprint density at radius 1 is 1.12 bits per heavy atom. The summed E-state index contributed by atoms with van der Waals surface area (Å²) in [5, 5.41) is 13.3. The molecule has 4 aliphatic rings. The topological polar surface area (TPSA) is 142 Å². The van der Waals surface area contributed by atoms with Crippen LogP contribution in [0, 0.1) is 5.92 Å². The summed E-state index contributed by atoms with van der Waals surface area (Å²) >= 11 is 0. The summed E-state index contributed by atoms with van der Waals surface area (Å²) in [5.74, 6) is -0.0988. The summed E-state index contributed by atoms with van der Waals surface area (Å²) < 4.78 is 5.29. The van der Waals surface area contributed by atoms with Gasteiger partial charge in [0.2, 0.25) is 0 Å². The number of carbonyl (C=O) groups is 3. The van der Waals surface area contributed by atoms with Gasteiger partial charge in [0.25, 0.3) is 0 Å². The number of carbonyl (C=O) groups excluding carboxylic acids is 3. The van der Waals surface area contributed by atoms with Gasteiger partial charge in [-0.15, -0.1) is 0 Å². The van der Waals surface area contributed by atoms with E-state index in [0.29, 0.717) is 74.8 Å². The van der Waals surface area contributed by atoms with Crippen LogP contribution in [0.2, 0.25) is 0 Å². The number of hydrogen-bond donors (Lipinski definition) is 3. The molecule has 32 heavy (non-hydrogen) atoms. The van der Waals surface area contributed by atoms with Crippen molar-refractivity contribution >= 4 is 23.5 Å². The smallest absolute Gasteiger partial charge is 0.333 e. The van der Waals surface area contributed by atoms with Crippen molar-refractivity contribution in [3.05, 3.63) is 40.6 Å². The number of ketones is 1. The van der Waals surface area contributed by atoms with Crippen molar-refractivity contribution in [2.45, 2.75) is 18.9 Å². The largest absolute Gasteiger partial charge is 0.379 e. The number of anilines is 1. The minimum atomic E-state index is -0.439. The molecule has 1 aromatic carbocycles. The first-order valence-corrected chi connectivity index (χ1v) is 10.8. The van der Waals surface area contributed by atoms with Crippen LogP contribution in [-0.2, 0) is 4.74 Å². The summed E-state index contributed by atoms with van der Waals surface area (Å²) in [5.41, 5.74) is 11.1. The molecule has 1 atom stereocenters. The summed E-state index contributed by atoms with van der Waals surface area (Å²) in [6.07, 6.45) is 1.37. The van der Waals surface area contributed by atoms with Gasteiger partial charge in [0, 0.05) is 32.1 Å². The SMILES string of the molecule is NC(=O)N1CCC(C2=C3C(=O)c4c(NC(=O)NN5CCOCC5)cccc4C3N=N2)CC1. The van der Waals surface area contributed by atoms with Gasteiger partial charge < -0.3 is 20.7 Å². The number of hydrogen-bond acceptors (Lipinski definition) is 7. The molecule has 11 heteroatoms. The third-order valence-electron chi connectivity index (χ3n) is 6.41. The van der Waals surface area contributed by atoms with Crippen LogP contribution >= 0.6 is 0 Å². The number of piperidine rings is 1. The first-order valence-electron chi connectivity index (χ1n) is 10.8. The Morgan fingerprint density at radius 2 is 1.88 bits per heavy atom. The molecule has 0 saturated carbocycles. The number of ether oxygens (including phenoxy) is 1. The molecular formula is C21H25N7O4. The second-order valence-electron chi connectivity index (χ2n) is 8.28. The fourth-order valence-corrected chi connectivity index (χ4v) is 4.76. The average Bonchev–Trinajstić information content (AvgIpc) is 3.35. The maximum atomic E-state index is 13.4. The molecule has 3 heterocycles. The molecule has 1 aliphatic carbocycles. The van der Waals surface area contributed by atoms with Crippen LogP contribution in [0.15, 0.2) is 39.7 Å². The second kappa shape index (κ2) is 8.32. The normalized spacial score (nSPS) is 23.3. The van der Waals surface area contributed by atoms with E-state index in [9.17, 15) is 14.4 Å². The highest BCUT2D eigenvalue weighted by Gasteiger charge is 2.44. The lowest BCUT2D eigenvalue weighted by atomic mass is 9.89. The molecule has 0 bridgehead atoms. The van der Waals surface area contributed by atoms with Gasteiger partial charge in [-0.3, -0.25) is 10.2 Å². The fourth-order valence-electron chi connectivity index (χ4n) is 4.76. The zero-order valence-corrected chi connectivity index (χ0v) is 17.5. The van der Waals surface area contributed by atoms with E-state index in [0.717, 1.165) is 5.56 Å². The number of azo groups is 1. The number of allylic oxidation sites excluding steroid dienone is 1. The Balaban J connectivity index is 1.35. The maximum absolute atomic E-state index is 13.4. The Labute approximate surface area is 184 Å². The summed E-state index contributed by atoms with van der Waals surface area (Å²) in [6.45, 7) is 3.39.